The van der Waals surface area contributed by atoms with Crippen LogP contribution in [0.1, 0.15) is 36.0 Å². The summed E-state index contributed by atoms with van der Waals surface area (Å²) in [4.78, 5) is 21.7. The highest BCUT2D eigenvalue weighted by atomic mass is 35.5. The van der Waals surface area contributed by atoms with Gasteiger partial charge in [0.25, 0.3) is 5.91 Å². The van der Waals surface area contributed by atoms with Crippen LogP contribution in [-0.4, -0.2) is 42.5 Å². The van der Waals surface area contributed by atoms with Crippen LogP contribution in [-0.2, 0) is 4.84 Å². The van der Waals surface area contributed by atoms with Crippen LogP contribution in [0.3, 0.4) is 0 Å². The summed E-state index contributed by atoms with van der Waals surface area (Å²) in [7, 11) is 1.45. The summed E-state index contributed by atoms with van der Waals surface area (Å²) >= 11 is 5.91. The number of hydrogen-bond acceptors (Lipinski definition) is 5. The molecule has 1 aliphatic rings. The number of alkyl halides is 3. The van der Waals surface area contributed by atoms with E-state index in [4.69, 9.17) is 21.2 Å². The molecular formula is C21H21ClF3N3O3. The molecule has 6 nitrogen and oxygen atoms in total. The molecule has 1 aliphatic carbocycles. The number of amides is 1. The minimum Gasteiger partial charge on any atom is -0.468 e. The number of nitrogens with zero attached hydrogens (tertiary/aromatic N) is 2. The number of aromatic nitrogens is 1. The first-order chi connectivity index (χ1) is 14.8. The maximum atomic E-state index is 12.8. The third-order valence-corrected chi connectivity index (χ3v) is 4.98. The number of halogens is 4. The van der Waals surface area contributed by atoms with E-state index in [1.54, 1.807) is 24.3 Å². The fourth-order valence-corrected chi connectivity index (χ4v) is 3.42. The molecule has 1 aromatic carbocycles. The topological polar surface area (TPSA) is 72.8 Å². The molecule has 1 saturated carbocycles. The minimum atomic E-state index is -4.52. The second-order valence-electron chi connectivity index (χ2n) is 7.02. The van der Waals surface area contributed by atoms with Crippen LogP contribution in [0.5, 0.6) is 5.88 Å². The van der Waals surface area contributed by atoms with Gasteiger partial charge in [0.1, 0.15) is 7.11 Å². The van der Waals surface area contributed by atoms with Gasteiger partial charge in [-0.15, -0.1) is 0 Å². The Bertz CT molecular complexity index is 949. The van der Waals surface area contributed by atoms with Crippen molar-refractivity contribution in [2.75, 3.05) is 13.7 Å². The zero-order chi connectivity index (χ0) is 22.4. The fraction of sp³-hybridized carbons (Fsp3) is 0.381. The first-order valence-electron chi connectivity index (χ1n) is 9.63. The number of nitrogens with one attached hydrogen (secondary N) is 1. The van der Waals surface area contributed by atoms with E-state index in [1.807, 2.05) is 0 Å². The zero-order valence-corrected chi connectivity index (χ0v) is 17.5. The summed E-state index contributed by atoms with van der Waals surface area (Å²) in [6, 6.07) is 7.59. The predicted octanol–water partition coefficient (Wildman–Crippen LogP) is 5.02. The van der Waals surface area contributed by atoms with Gasteiger partial charge in [-0.25, -0.2) is 4.98 Å². The van der Waals surface area contributed by atoms with E-state index in [0.29, 0.717) is 10.6 Å². The molecule has 166 valence electrons. The predicted molar refractivity (Wildman–Crippen MR) is 110 cm³/mol. The molecule has 2 aromatic rings. The Labute approximate surface area is 182 Å². The standard InChI is InChI=1S/C21H21ClF3N3O3/c1-30-28-18-5-3-2-4-17(18)27-19(29)14-10-16(13-6-8-15(22)9-7-13)20(26-11-14)31-12-21(23,24)25/h6-11,17H,2-5,12H2,1H3,(H,27,29)/t17-/m0/s1. The summed E-state index contributed by atoms with van der Waals surface area (Å²) in [5.41, 5.74) is 1.70. The van der Waals surface area contributed by atoms with E-state index in [-0.39, 0.29) is 23.0 Å². The Kier molecular flexibility index (Phi) is 7.37. The quantitative estimate of drug-likeness (QED) is 0.621. The van der Waals surface area contributed by atoms with Crippen molar-refractivity contribution < 1.29 is 27.5 Å². The summed E-state index contributed by atoms with van der Waals surface area (Å²) < 4.78 is 42.8. The molecule has 1 amide bonds. The number of pyridine rings is 1. The minimum absolute atomic E-state index is 0.187. The molecule has 0 bridgehead atoms. The Balaban J connectivity index is 1.88. The van der Waals surface area contributed by atoms with Gasteiger partial charge in [-0.1, -0.05) is 35.3 Å². The Hall–Kier alpha value is -2.81. The number of rotatable bonds is 6. The average Bonchev–Trinajstić information content (AvgIpc) is 2.74. The van der Waals surface area contributed by atoms with Crippen LogP contribution in [0.2, 0.25) is 5.02 Å². The van der Waals surface area contributed by atoms with E-state index in [9.17, 15) is 18.0 Å². The lowest BCUT2D eigenvalue weighted by molar-refractivity contribution is -0.154. The highest BCUT2D eigenvalue weighted by Crippen LogP contribution is 2.31. The van der Waals surface area contributed by atoms with Gasteiger partial charge in [0.15, 0.2) is 6.61 Å². The molecule has 0 spiro atoms. The number of hydrogen-bond donors (Lipinski definition) is 1. The van der Waals surface area contributed by atoms with E-state index in [2.05, 4.69) is 15.5 Å². The zero-order valence-electron chi connectivity index (χ0n) is 16.7. The maximum Gasteiger partial charge on any atom is 0.422 e. The Morgan fingerprint density at radius 2 is 2.03 bits per heavy atom. The van der Waals surface area contributed by atoms with Crippen LogP contribution < -0.4 is 10.1 Å². The van der Waals surface area contributed by atoms with Crippen molar-refractivity contribution in [1.82, 2.24) is 10.3 Å². The SMILES string of the molecule is CON=C1CCCC[C@@H]1NC(=O)c1cnc(OCC(F)(F)F)c(-c2ccc(Cl)cc2)c1. The molecule has 1 aromatic heterocycles. The Morgan fingerprint density at radius 3 is 2.71 bits per heavy atom. The Morgan fingerprint density at radius 1 is 1.29 bits per heavy atom. The molecular weight excluding hydrogens is 435 g/mol. The number of ether oxygens (including phenoxy) is 1. The van der Waals surface area contributed by atoms with Crippen molar-refractivity contribution in [2.45, 2.75) is 37.9 Å². The van der Waals surface area contributed by atoms with Crippen LogP contribution in [0.15, 0.2) is 41.7 Å². The van der Waals surface area contributed by atoms with Crippen molar-refractivity contribution in [2.24, 2.45) is 5.16 Å². The van der Waals surface area contributed by atoms with Crippen LogP contribution >= 0.6 is 11.6 Å². The molecule has 3 rings (SSSR count). The van der Waals surface area contributed by atoms with Gasteiger partial charge in [-0.2, -0.15) is 13.2 Å². The molecule has 1 atom stereocenters. The van der Waals surface area contributed by atoms with Gasteiger partial charge >= 0.3 is 6.18 Å². The molecule has 0 unspecified atom stereocenters. The summed E-state index contributed by atoms with van der Waals surface area (Å²) in [6.07, 6.45) is 0.00714. The van der Waals surface area contributed by atoms with Crippen molar-refractivity contribution in [1.29, 1.82) is 0 Å². The van der Waals surface area contributed by atoms with Gasteiger partial charge in [-0.3, -0.25) is 4.79 Å². The van der Waals surface area contributed by atoms with Gasteiger partial charge in [0, 0.05) is 16.8 Å². The number of carbonyl (C=O) groups is 1. The van der Waals surface area contributed by atoms with Crippen LogP contribution in [0.25, 0.3) is 11.1 Å². The van der Waals surface area contributed by atoms with E-state index in [1.165, 1.54) is 19.4 Å². The molecule has 10 heteroatoms. The van der Waals surface area contributed by atoms with Crippen molar-refractivity contribution in [3.8, 4) is 17.0 Å². The lowest BCUT2D eigenvalue weighted by Crippen LogP contribution is -2.42. The number of oxime groups is 1. The smallest absolute Gasteiger partial charge is 0.422 e. The van der Waals surface area contributed by atoms with Crippen LogP contribution in [0.4, 0.5) is 13.2 Å². The maximum absolute atomic E-state index is 12.8. The second-order valence-corrected chi connectivity index (χ2v) is 7.46. The van der Waals surface area contributed by atoms with E-state index < -0.39 is 18.7 Å². The lowest BCUT2D eigenvalue weighted by atomic mass is 9.93. The largest absolute Gasteiger partial charge is 0.468 e. The molecule has 1 fully saturated rings. The van der Waals surface area contributed by atoms with E-state index >= 15 is 0 Å². The van der Waals surface area contributed by atoms with Crippen molar-refractivity contribution >= 4 is 23.2 Å². The highest BCUT2D eigenvalue weighted by Gasteiger charge is 2.30. The third kappa shape index (κ3) is 6.33. The number of carbonyl (C=O) groups excluding carboxylic acids is 1. The van der Waals surface area contributed by atoms with Gasteiger partial charge in [0.2, 0.25) is 5.88 Å². The van der Waals surface area contributed by atoms with E-state index in [0.717, 1.165) is 31.4 Å². The lowest BCUT2D eigenvalue weighted by Gasteiger charge is -2.24. The molecule has 1 heterocycles. The average molecular weight is 456 g/mol. The molecule has 0 aliphatic heterocycles. The number of benzene rings is 1. The second kappa shape index (κ2) is 10.00. The van der Waals surface area contributed by atoms with Crippen LogP contribution in [0, 0.1) is 0 Å². The van der Waals surface area contributed by atoms with Gasteiger partial charge in [-0.05, 0) is 43.0 Å². The highest BCUT2D eigenvalue weighted by molar-refractivity contribution is 6.30. The molecule has 1 N–H and O–H groups in total. The first kappa shape index (κ1) is 22.9. The van der Waals surface area contributed by atoms with Crippen molar-refractivity contribution in [3.63, 3.8) is 0 Å². The summed E-state index contributed by atoms with van der Waals surface area (Å²) in [6.45, 7) is -1.49. The third-order valence-electron chi connectivity index (χ3n) is 4.73. The van der Waals surface area contributed by atoms with Gasteiger partial charge < -0.3 is 14.9 Å². The van der Waals surface area contributed by atoms with Gasteiger partial charge in [0.05, 0.1) is 17.3 Å². The normalized spacial score (nSPS) is 18.0. The summed E-state index contributed by atoms with van der Waals surface area (Å²) in [5, 5.41) is 7.36. The molecule has 0 radical (unpaired) electrons. The van der Waals surface area contributed by atoms with Crippen molar-refractivity contribution in [3.05, 3.63) is 47.1 Å². The molecule has 31 heavy (non-hydrogen) atoms. The summed E-state index contributed by atoms with van der Waals surface area (Å²) in [5.74, 6) is -0.642. The molecule has 0 saturated heterocycles. The monoisotopic (exact) mass is 455 g/mol. The first-order valence-corrected chi connectivity index (χ1v) is 10.0. The fourth-order valence-electron chi connectivity index (χ4n) is 3.30.